The molecule has 0 aliphatic carbocycles. The van der Waals surface area contributed by atoms with E-state index in [9.17, 15) is 9.90 Å². The predicted molar refractivity (Wildman–Crippen MR) is 124 cm³/mol. The fourth-order valence-electron chi connectivity index (χ4n) is 4.58. The number of fused-ring (bicyclic) bond motifs is 1. The van der Waals surface area contributed by atoms with Gasteiger partial charge < -0.3 is 10.0 Å². The van der Waals surface area contributed by atoms with Crippen molar-refractivity contribution in [2.24, 2.45) is 0 Å². The van der Waals surface area contributed by atoms with E-state index in [0.29, 0.717) is 23.5 Å². The Morgan fingerprint density at radius 1 is 0.969 bits per heavy atom. The number of aromatic hydroxyl groups is 1. The van der Waals surface area contributed by atoms with Crippen molar-refractivity contribution < 1.29 is 9.90 Å². The third-order valence-electron chi connectivity index (χ3n) is 6.15. The number of carbonyl (C=O) groups excluding carboxylic acids is 1. The lowest BCUT2D eigenvalue weighted by Crippen LogP contribution is -2.29. The number of benzene rings is 3. The summed E-state index contributed by atoms with van der Waals surface area (Å²) in [6.07, 6.45) is 0. The van der Waals surface area contributed by atoms with Crippen LogP contribution in [-0.4, -0.2) is 26.1 Å². The molecule has 5 rings (SSSR count). The summed E-state index contributed by atoms with van der Waals surface area (Å²) in [6, 6.07) is 21.8. The van der Waals surface area contributed by atoms with Gasteiger partial charge in [0.15, 0.2) is 0 Å². The van der Waals surface area contributed by atoms with Gasteiger partial charge in [0.1, 0.15) is 17.1 Å². The number of aromatic amines is 1. The molecule has 0 fully saturated rings. The Kier molecular flexibility index (Phi) is 4.82. The molecular formula is C27H25N3O2. The number of rotatable bonds is 4. The van der Waals surface area contributed by atoms with Gasteiger partial charge >= 0.3 is 0 Å². The molecule has 5 heteroatoms. The van der Waals surface area contributed by atoms with E-state index in [1.54, 1.807) is 0 Å². The van der Waals surface area contributed by atoms with Crippen molar-refractivity contribution in [2.75, 3.05) is 0 Å². The molecule has 5 nitrogen and oxygen atoms in total. The number of nitrogens with zero attached hydrogens (tertiary/aromatic N) is 2. The van der Waals surface area contributed by atoms with Gasteiger partial charge in [-0.2, -0.15) is 5.10 Å². The van der Waals surface area contributed by atoms with Gasteiger partial charge in [0.25, 0.3) is 5.91 Å². The maximum Gasteiger partial charge on any atom is 0.273 e. The van der Waals surface area contributed by atoms with Gasteiger partial charge in [-0.1, -0.05) is 66.2 Å². The van der Waals surface area contributed by atoms with E-state index in [1.807, 2.05) is 68.1 Å². The lowest BCUT2D eigenvalue weighted by atomic mass is 9.93. The second-order valence-corrected chi connectivity index (χ2v) is 8.57. The molecule has 3 aromatic carbocycles. The molecule has 2 heterocycles. The molecule has 1 amide bonds. The number of amides is 1. The third-order valence-corrected chi connectivity index (χ3v) is 6.15. The molecule has 0 radical (unpaired) electrons. The summed E-state index contributed by atoms with van der Waals surface area (Å²) in [6.45, 7) is 6.41. The molecule has 4 aromatic rings. The van der Waals surface area contributed by atoms with E-state index in [0.717, 1.165) is 33.4 Å². The third kappa shape index (κ3) is 3.26. The summed E-state index contributed by atoms with van der Waals surface area (Å²) in [5.74, 6) is 0.110. The highest BCUT2D eigenvalue weighted by Gasteiger charge is 2.42. The van der Waals surface area contributed by atoms with Gasteiger partial charge in [-0.25, -0.2) is 0 Å². The highest BCUT2D eigenvalue weighted by Crippen LogP contribution is 2.45. The number of nitrogens with one attached hydrogen (secondary N) is 1. The first-order valence-corrected chi connectivity index (χ1v) is 10.7. The largest absolute Gasteiger partial charge is 0.507 e. The number of aromatic nitrogens is 2. The van der Waals surface area contributed by atoms with Crippen molar-refractivity contribution in [3.05, 3.63) is 106 Å². The van der Waals surface area contributed by atoms with Crippen LogP contribution in [0.2, 0.25) is 0 Å². The molecule has 1 aliphatic rings. The second-order valence-electron chi connectivity index (χ2n) is 8.57. The molecule has 0 saturated heterocycles. The summed E-state index contributed by atoms with van der Waals surface area (Å²) in [5.41, 5.74) is 7.63. The fourth-order valence-corrected chi connectivity index (χ4v) is 4.58. The summed E-state index contributed by atoms with van der Waals surface area (Å²) < 4.78 is 0. The van der Waals surface area contributed by atoms with Crippen LogP contribution in [0.25, 0.3) is 11.3 Å². The maximum absolute atomic E-state index is 13.5. The van der Waals surface area contributed by atoms with Gasteiger partial charge in [0.05, 0.1) is 6.04 Å². The van der Waals surface area contributed by atoms with Gasteiger partial charge in [0.2, 0.25) is 0 Å². The Morgan fingerprint density at radius 3 is 2.41 bits per heavy atom. The fraction of sp³-hybridized carbons (Fsp3) is 0.185. The molecule has 2 N–H and O–H groups in total. The Labute approximate surface area is 187 Å². The van der Waals surface area contributed by atoms with Crippen molar-refractivity contribution in [1.29, 1.82) is 0 Å². The van der Waals surface area contributed by atoms with Gasteiger partial charge in [0, 0.05) is 17.7 Å². The minimum Gasteiger partial charge on any atom is -0.507 e. The van der Waals surface area contributed by atoms with Crippen LogP contribution >= 0.6 is 0 Å². The molecule has 1 aromatic heterocycles. The van der Waals surface area contributed by atoms with Gasteiger partial charge in [-0.05, 0) is 49.1 Å². The molecular weight excluding hydrogens is 398 g/mol. The number of hydrogen-bond acceptors (Lipinski definition) is 3. The SMILES string of the molecule is Cc1ccc(C2c3c(-c4cc(C)cc(C)c4O)n[nH]c3C(=O)N2Cc2ccccc2)cc1. The van der Waals surface area contributed by atoms with Crippen LogP contribution in [0, 0.1) is 20.8 Å². The quantitative estimate of drug-likeness (QED) is 0.458. The van der Waals surface area contributed by atoms with Crippen molar-refractivity contribution >= 4 is 5.91 Å². The minimum atomic E-state index is -0.299. The molecule has 1 aliphatic heterocycles. The molecule has 1 unspecified atom stereocenters. The van der Waals surface area contributed by atoms with E-state index in [1.165, 1.54) is 0 Å². The van der Waals surface area contributed by atoms with Crippen LogP contribution in [0.5, 0.6) is 5.75 Å². The normalized spacial score (nSPS) is 15.3. The first-order chi connectivity index (χ1) is 15.4. The number of aryl methyl sites for hydroxylation is 3. The Balaban J connectivity index is 1.69. The van der Waals surface area contributed by atoms with E-state index >= 15 is 0 Å². The summed E-state index contributed by atoms with van der Waals surface area (Å²) >= 11 is 0. The number of carbonyl (C=O) groups is 1. The van der Waals surface area contributed by atoms with E-state index in [4.69, 9.17) is 0 Å². The Hall–Kier alpha value is -3.86. The first kappa shape index (κ1) is 20.1. The van der Waals surface area contributed by atoms with Crippen molar-refractivity contribution in [2.45, 2.75) is 33.4 Å². The zero-order chi connectivity index (χ0) is 22.4. The minimum absolute atomic E-state index is 0.0861. The summed E-state index contributed by atoms with van der Waals surface area (Å²) in [7, 11) is 0. The molecule has 160 valence electrons. The summed E-state index contributed by atoms with van der Waals surface area (Å²) in [4.78, 5) is 15.4. The smallest absolute Gasteiger partial charge is 0.273 e. The van der Waals surface area contributed by atoms with Gasteiger partial charge in [-0.3, -0.25) is 9.89 Å². The number of H-pyrrole nitrogens is 1. The highest BCUT2D eigenvalue weighted by molar-refractivity contribution is 6.00. The van der Waals surface area contributed by atoms with Crippen molar-refractivity contribution in [1.82, 2.24) is 15.1 Å². The zero-order valence-electron chi connectivity index (χ0n) is 18.4. The van der Waals surface area contributed by atoms with Crippen molar-refractivity contribution in [3.8, 4) is 17.0 Å². The number of phenolic OH excluding ortho intramolecular Hbond substituents is 1. The number of hydrogen-bond donors (Lipinski definition) is 2. The Bertz CT molecular complexity index is 1310. The van der Waals surface area contributed by atoms with E-state index < -0.39 is 0 Å². The average Bonchev–Trinajstić information content (AvgIpc) is 3.32. The predicted octanol–water partition coefficient (Wildman–Crippen LogP) is 5.45. The van der Waals surface area contributed by atoms with Gasteiger partial charge in [-0.15, -0.1) is 0 Å². The lowest BCUT2D eigenvalue weighted by molar-refractivity contribution is 0.0730. The molecule has 0 bridgehead atoms. The van der Waals surface area contributed by atoms with Crippen LogP contribution in [0.3, 0.4) is 0 Å². The lowest BCUT2D eigenvalue weighted by Gasteiger charge is -2.27. The second kappa shape index (κ2) is 7.68. The monoisotopic (exact) mass is 423 g/mol. The van der Waals surface area contributed by atoms with E-state index in [2.05, 4.69) is 34.5 Å². The Morgan fingerprint density at radius 2 is 1.69 bits per heavy atom. The van der Waals surface area contributed by atoms with Crippen LogP contribution in [0.15, 0.2) is 66.7 Å². The van der Waals surface area contributed by atoms with Crippen LogP contribution in [0.4, 0.5) is 0 Å². The van der Waals surface area contributed by atoms with Crippen LogP contribution < -0.4 is 0 Å². The highest BCUT2D eigenvalue weighted by atomic mass is 16.3. The summed E-state index contributed by atoms with van der Waals surface area (Å²) in [5, 5.41) is 18.3. The molecule has 0 spiro atoms. The average molecular weight is 424 g/mol. The topological polar surface area (TPSA) is 69.2 Å². The first-order valence-electron chi connectivity index (χ1n) is 10.7. The molecule has 32 heavy (non-hydrogen) atoms. The standard InChI is InChI=1S/C27H25N3O2/c1-16-9-11-20(12-10-16)25-22-23(21-14-17(2)13-18(3)26(21)31)28-29-24(22)27(32)30(25)15-19-7-5-4-6-8-19/h4-14,25,31H,15H2,1-3H3,(H,28,29). The van der Waals surface area contributed by atoms with E-state index in [-0.39, 0.29) is 17.7 Å². The maximum atomic E-state index is 13.5. The van der Waals surface area contributed by atoms with Crippen LogP contribution in [0.1, 0.15) is 49.9 Å². The molecule has 0 saturated carbocycles. The van der Waals surface area contributed by atoms with Crippen LogP contribution in [-0.2, 0) is 6.54 Å². The molecule has 1 atom stereocenters. The number of phenols is 1. The zero-order valence-corrected chi connectivity index (χ0v) is 18.4. The van der Waals surface area contributed by atoms with Crippen molar-refractivity contribution in [3.63, 3.8) is 0 Å².